The molecule has 3 saturated carbocycles. The fraction of sp³-hybridized carbons (Fsp3) is 0.767. The van der Waals surface area contributed by atoms with Crippen molar-refractivity contribution in [3.8, 4) is 0 Å². The Kier molecular flexibility index (Phi) is 7.48. The second kappa shape index (κ2) is 10.4. The molecule has 4 aliphatic carbocycles. The van der Waals surface area contributed by atoms with Crippen molar-refractivity contribution in [2.45, 2.75) is 102 Å². The van der Waals surface area contributed by atoms with E-state index in [1.807, 2.05) is 13.0 Å². The zero-order chi connectivity index (χ0) is 29.0. The van der Waals surface area contributed by atoms with Crippen LogP contribution in [0.4, 0.5) is 0 Å². The highest BCUT2D eigenvalue weighted by atomic mass is 16.5. The number of rotatable bonds is 7. The van der Waals surface area contributed by atoms with Gasteiger partial charge in [-0.3, -0.25) is 19.2 Å². The average molecular weight is 560 g/mol. The van der Waals surface area contributed by atoms with Gasteiger partial charge in [0.25, 0.3) is 0 Å². The number of β-amino-alcohol motifs (C(OH)–C–C–N with tert-alkyl or cyclic N) is 1. The van der Waals surface area contributed by atoms with Gasteiger partial charge in [0.05, 0.1) is 12.5 Å². The Morgan fingerprint density at radius 2 is 1.75 bits per heavy atom. The van der Waals surface area contributed by atoms with Gasteiger partial charge < -0.3 is 25.0 Å². The van der Waals surface area contributed by atoms with Crippen molar-refractivity contribution < 1.29 is 44.0 Å². The highest BCUT2D eigenvalue weighted by Gasteiger charge is 2.66. The number of amides is 1. The number of allylic oxidation sites excluding steroid dienone is 1. The first-order valence-corrected chi connectivity index (χ1v) is 14.7. The lowest BCUT2D eigenvalue weighted by Gasteiger charge is -2.58. The molecule has 40 heavy (non-hydrogen) atoms. The number of esters is 1. The van der Waals surface area contributed by atoms with E-state index >= 15 is 0 Å². The summed E-state index contributed by atoms with van der Waals surface area (Å²) in [4.78, 5) is 62.7. The second-order valence-electron chi connectivity index (χ2n) is 13.2. The molecule has 10 heteroatoms. The first-order chi connectivity index (χ1) is 18.8. The van der Waals surface area contributed by atoms with Crippen LogP contribution in [-0.4, -0.2) is 80.5 Å². The summed E-state index contributed by atoms with van der Waals surface area (Å²) in [6.07, 6.45) is 6.12. The third-order valence-corrected chi connectivity index (χ3v) is 11.4. The van der Waals surface area contributed by atoms with Crippen LogP contribution in [-0.2, 0) is 28.7 Å². The normalized spacial score (nSPS) is 40.5. The molecule has 0 radical (unpaired) electrons. The van der Waals surface area contributed by atoms with Crippen LogP contribution in [0, 0.1) is 28.6 Å². The highest BCUT2D eigenvalue weighted by molar-refractivity contribution is 5.92. The van der Waals surface area contributed by atoms with E-state index in [2.05, 4.69) is 6.92 Å². The lowest BCUT2D eigenvalue weighted by atomic mass is 9.46. The molecule has 1 saturated heterocycles. The van der Waals surface area contributed by atoms with Gasteiger partial charge in [0.1, 0.15) is 11.6 Å². The van der Waals surface area contributed by atoms with Gasteiger partial charge >= 0.3 is 11.9 Å². The number of carboxylic acid groups (broad SMARTS) is 1. The van der Waals surface area contributed by atoms with Crippen molar-refractivity contribution in [3.63, 3.8) is 0 Å². The number of hydrogen-bond acceptors (Lipinski definition) is 8. The van der Waals surface area contributed by atoms with Gasteiger partial charge in [0, 0.05) is 31.2 Å². The number of aliphatic hydroxyl groups excluding tert-OH is 1. The zero-order valence-electron chi connectivity index (χ0n) is 23.4. The second-order valence-corrected chi connectivity index (χ2v) is 13.2. The number of ether oxygens (including phenoxy) is 1. The summed E-state index contributed by atoms with van der Waals surface area (Å²) >= 11 is 0. The van der Waals surface area contributed by atoms with Gasteiger partial charge in [-0.1, -0.05) is 19.4 Å². The van der Waals surface area contributed by atoms with Crippen LogP contribution in [0.5, 0.6) is 0 Å². The van der Waals surface area contributed by atoms with E-state index in [9.17, 15) is 39.3 Å². The molecule has 3 N–H and O–H groups in total. The molecule has 0 unspecified atom stereocenters. The van der Waals surface area contributed by atoms with Crippen molar-refractivity contribution in [3.05, 3.63) is 11.6 Å². The molecule has 0 aromatic heterocycles. The van der Waals surface area contributed by atoms with E-state index in [1.54, 1.807) is 0 Å². The summed E-state index contributed by atoms with van der Waals surface area (Å²) in [6, 6.07) is -1.13. The number of carboxylic acids is 1. The molecule has 0 bridgehead atoms. The maximum atomic E-state index is 13.4. The molecule has 0 aromatic carbocycles. The smallest absolute Gasteiger partial charge is 0.326 e. The summed E-state index contributed by atoms with van der Waals surface area (Å²) in [6.45, 7) is 3.61. The summed E-state index contributed by atoms with van der Waals surface area (Å²) in [7, 11) is 0. The van der Waals surface area contributed by atoms with Crippen LogP contribution in [0.2, 0.25) is 0 Å². The number of aliphatic carboxylic acids is 1. The number of carbonyl (C=O) groups excluding carboxylic acids is 4. The fourth-order valence-corrected chi connectivity index (χ4v) is 9.05. The largest absolute Gasteiger partial charge is 0.480 e. The average Bonchev–Trinajstić information content (AvgIpc) is 3.44. The van der Waals surface area contributed by atoms with E-state index in [1.165, 1.54) is 5.57 Å². The quantitative estimate of drug-likeness (QED) is 0.398. The van der Waals surface area contributed by atoms with Crippen molar-refractivity contribution in [1.29, 1.82) is 0 Å². The van der Waals surface area contributed by atoms with E-state index in [-0.39, 0.29) is 42.9 Å². The maximum absolute atomic E-state index is 13.4. The highest BCUT2D eigenvalue weighted by Crippen LogP contribution is 2.67. The van der Waals surface area contributed by atoms with Crippen molar-refractivity contribution >= 4 is 29.4 Å². The first-order valence-electron chi connectivity index (χ1n) is 14.7. The number of nitrogens with zero attached hydrogens (tertiary/aromatic N) is 1. The first kappa shape index (κ1) is 28.9. The maximum Gasteiger partial charge on any atom is 0.326 e. The van der Waals surface area contributed by atoms with Crippen LogP contribution in [0.15, 0.2) is 11.6 Å². The van der Waals surface area contributed by atoms with Crippen LogP contribution in [0.1, 0.15) is 84.5 Å². The Hall–Kier alpha value is -2.59. The number of ketones is 2. The van der Waals surface area contributed by atoms with Crippen molar-refractivity contribution in [1.82, 2.24) is 4.90 Å². The van der Waals surface area contributed by atoms with Crippen LogP contribution < -0.4 is 0 Å². The Morgan fingerprint density at radius 1 is 1.02 bits per heavy atom. The Morgan fingerprint density at radius 3 is 2.48 bits per heavy atom. The molecular formula is C30H41NO9. The zero-order valence-corrected chi connectivity index (χ0v) is 23.4. The minimum Gasteiger partial charge on any atom is -0.480 e. The third kappa shape index (κ3) is 4.61. The lowest BCUT2D eigenvalue weighted by molar-refractivity contribution is -0.170. The number of carbonyl (C=O) groups is 5. The fourth-order valence-electron chi connectivity index (χ4n) is 9.05. The minimum absolute atomic E-state index is 0.00647. The molecule has 8 atom stereocenters. The Bertz CT molecular complexity index is 1150. The number of Topliss-reactive ketones (excluding diaryl/α,β-unsaturated/α-hetero) is 1. The summed E-state index contributed by atoms with van der Waals surface area (Å²) in [5.74, 6) is -1.91. The predicted molar refractivity (Wildman–Crippen MR) is 141 cm³/mol. The topological polar surface area (TPSA) is 159 Å². The molecule has 0 spiro atoms. The molecule has 1 heterocycles. The molecule has 1 amide bonds. The van der Waals surface area contributed by atoms with Gasteiger partial charge in [0.2, 0.25) is 11.7 Å². The number of fused-ring (bicyclic) bond motifs is 5. The Balaban J connectivity index is 1.18. The summed E-state index contributed by atoms with van der Waals surface area (Å²) in [5.41, 5.74) is -0.965. The number of likely N-dealkylation sites (tertiary alicyclic amines) is 1. The molecule has 4 fully saturated rings. The monoisotopic (exact) mass is 559 g/mol. The Labute approximate surface area is 234 Å². The molecule has 220 valence electrons. The molecule has 5 aliphatic rings. The molecule has 0 aromatic rings. The lowest BCUT2D eigenvalue weighted by Crippen LogP contribution is -2.58. The van der Waals surface area contributed by atoms with Crippen LogP contribution in [0.25, 0.3) is 0 Å². The predicted octanol–water partition coefficient (Wildman–Crippen LogP) is 2.19. The van der Waals surface area contributed by atoms with E-state index in [0.717, 1.165) is 37.0 Å². The molecular weight excluding hydrogens is 518 g/mol. The van der Waals surface area contributed by atoms with E-state index < -0.39 is 53.4 Å². The van der Waals surface area contributed by atoms with Gasteiger partial charge in [-0.05, 0) is 74.2 Å². The van der Waals surface area contributed by atoms with Crippen molar-refractivity contribution in [2.24, 2.45) is 28.6 Å². The van der Waals surface area contributed by atoms with Gasteiger partial charge in [-0.15, -0.1) is 0 Å². The number of aliphatic hydroxyl groups is 2. The van der Waals surface area contributed by atoms with Gasteiger partial charge in [0.15, 0.2) is 12.4 Å². The van der Waals surface area contributed by atoms with Crippen LogP contribution in [0.3, 0.4) is 0 Å². The van der Waals surface area contributed by atoms with E-state index in [4.69, 9.17) is 4.74 Å². The van der Waals surface area contributed by atoms with Gasteiger partial charge in [-0.2, -0.15) is 0 Å². The molecule has 10 nitrogen and oxygen atoms in total. The summed E-state index contributed by atoms with van der Waals surface area (Å²) < 4.78 is 5.19. The molecule has 1 aliphatic heterocycles. The van der Waals surface area contributed by atoms with Crippen molar-refractivity contribution in [2.75, 3.05) is 13.2 Å². The van der Waals surface area contributed by atoms with Gasteiger partial charge in [-0.25, -0.2) is 4.79 Å². The standard InChI is InChI=1S/C30H41NO9/c1-28-10-7-18(32)13-17(28)3-4-20-21(28)8-11-29(2)22(20)9-12-30(29,39)24(34)16-40-26(36)6-5-25(35)31-15-19(33)14-23(31)27(37)38/h13,19-23,33,39H,3-12,14-16H2,1-2H3,(H,37,38)/t19-,20+,21-,22-,23-,28-,29-,30-/m0/s1. The SMILES string of the molecule is C[C@]12CCC(=O)C=C1CC[C@@H]1[C@@H]2CC[C@@]2(C)[C@H]1CC[C@]2(O)C(=O)COC(=O)CCC(=O)N1C[C@@H](O)C[C@H]1C(=O)O. The minimum atomic E-state index is -1.60. The third-order valence-electron chi connectivity index (χ3n) is 11.4. The van der Waals surface area contributed by atoms with Crippen LogP contribution >= 0.6 is 0 Å². The van der Waals surface area contributed by atoms with E-state index in [0.29, 0.717) is 31.1 Å². The summed E-state index contributed by atoms with van der Waals surface area (Å²) in [5, 5.41) is 30.8. The number of hydrogen-bond donors (Lipinski definition) is 3. The molecule has 5 rings (SSSR count).